The van der Waals surface area contributed by atoms with Crippen LogP contribution in [-0.2, 0) is 0 Å². The molecule has 0 amide bonds. The molecule has 1 aromatic rings. The summed E-state index contributed by atoms with van der Waals surface area (Å²) in [5.41, 5.74) is -1.94. The van der Waals surface area contributed by atoms with Gasteiger partial charge in [-0.3, -0.25) is 9.59 Å². The van der Waals surface area contributed by atoms with Crippen molar-refractivity contribution in [3.05, 3.63) is 27.7 Å². The van der Waals surface area contributed by atoms with Crippen molar-refractivity contribution in [2.24, 2.45) is 0 Å². The van der Waals surface area contributed by atoms with Gasteiger partial charge in [0.1, 0.15) is 0 Å². The lowest BCUT2D eigenvalue weighted by molar-refractivity contribution is 0.0686. The number of aliphatic hydroxyl groups is 1. The second kappa shape index (κ2) is 5.55. The summed E-state index contributed by atoms with van der Waals surface area (Å²) in [7, 11) is 1.00. The van der Waals surface area contributed by atoms with Gasteiger partial charge in [-0.2, -0.15) is 0 Å². The van der Waals surface area contributed by atoms with Crippen LogP contribution in [0.1, 0.15) is 20.8 Å². The van der Waals surface area contributed by atoms with E-state index in [1.165, 1.54) is 0 Å². The van der Waals surface area contributed by atoms with Crippen molar-refractivity contribution in [2.45, 2.75) is 0 Å². The number of aromatic nitrogens is 1. The number of hydrogen-bond acceptors (Lipinski definition) is 5. The zero-order chi connectivity index (χ0) is 12.0. The van der Waals surface area contributed by atoms with Crippen molar-refractivity contribution in [3.8, 4) is 5.75 Å². The van der Waals surface area contributed by atoms with E-state index < -0.39 is 22.8 Å². The van der Waals surface area contributed by atoms with Gasteiger partial charge in [-0.15, -0.1) is 0 Å². The molecule has 1 aromatic heterocycles. The highest BCUT2D eigenvalue weighted by Gasteiger charge is 2.14. The average Bonchev–Trinajstić information content (AvgIpc) is 2.24. The Labute approximate surface area is 83.6 Å². The second-order valence-corrected chi connectivity index (χ2v) is 2.22. The van der Waals surface area contributed by atoms with Gasteiger partial charge in [0.15, 0.2) is 17.7 Å². The molecular formula is C8H9NO6. The minimum atomic E-state index is -1.47. The lowest BCUT2D eigenvalue weighted by atomic mass is 10.2. The van der Waals surface area contributed by atoms with E-state index in [-0.39, 0.29) is 11.8 Å². The van der Waals surface area contributed by atoms with Crippen molar-refractivity contribution < 1.29 is 24.9 Å². The van der Waals surface area contributed by atoms with Crippen LogP contribution in [0.2, 0.25) is 0 Å². The van der Waals surface area contributed by atoms with E-state index in [4.69, 9.17) is 15.3 Å². The van der Waals surface area contributed by atoms with Gasteiger partial charge in [-0.25, -0.2) is 4.79 Å². The van der Waals surface area contributed by atoms with Crippen molar-refractivity contribution in [2.75, 3.05) is 7.11 Å². The summed E-state index contributed by atoms with van der Waals surface area (Å²) < 4.78 is 0. The normalized spacial score (nSPS) is 8.67. The summed E-state index contributed by atoms with van der Waals surface area (Å²) in [6.07, 6.45) is 1.16. The Kier molecular flexibility index (Phi) is 4.76. The quantitative estimate of drug-likeness (QED) is 0.478. The first-order valence-electron chi connectivity index (χ1n) is 3.65. The number of aromatic carboxylic acids is 1. The van der Waals surface area contributed by atoms with Gasteiger partial charge < -0.3 is 20.3 Å². The third kappa shape index (κ3) is 2.64. The number of carbonyl (C=O) groups excluding carboxylic acids is 1. The first kappa shape index (κ1) is 12.8. The maximum Gasteiger partial charge on any atom is 0.356 e. The standard InChI is InChI=1S/C7H5NO5.CH4O/c9-2-3-1-8-4(7(12)13)6(11)5(3)10;1-2/h1-2,11H,(H,8,10)(H,12,13);2H,1H3. The molecule has 7 heteroatoms. The first-order valence-corrected chi connectivity index (χ1v) is 3.65. The third-order valence-corrected chi connectivity index (χ3v) is 1.43. The maximum atomic E-state index is 11.0. The summed E-state index contributed by atoms with van der Waals surface area (Å²) in [6.45, 7) is 0. The monoisotopic (exact) mass is 215 g/mol. The molecule has 15 heavy (non-hydrogen) atoms. The SMILES string of the molecule is CO.O=Cc1c[nH]c(C(=O)O)c(O)c1=O. The van der Waals surface area contributed by atoms with E-state index in [9.17, 15) is 14.4 Å². The fourth-order valence-corrected chi connectivity index (χ4v) is 0.785. The first-order chi connectivity index (χ1) is 7.07. The summed E-state index contributed by atoms with van der Waals surface area (Å²) in [4.78, 5) is 33.6. The number of aromatic amines is 1. The van der Waals surface area contributed by atoms with E-state index in [1.807, 2.05) is 0 Å². The van der Waals surface area contributed by atoms with Crippen LogP contribution in [0.4, 0.5) is 0 Å². The van der Waals surface area contributed by atoms with Crippen LogP contribution >= 0.6 is 0 Å². The largest absolute Gasteiger partial charge is 0.502 e. The third-order valence-electron chi connectivity index (χ3n) is 1.43. The molecule has 0 unspecified atom stereocenters. The zero-order valence-corrected chi connectivity index (χ0v) is 7.72. The molecule has 7 nitrogen and oxygen atoms in total. The lowest BCUT2D eigenvalue weighted by Crippen LogP contribution is -2.13. The number of rotatable bonds is 2. The van der Waals surface area contributed by atoms with Gasteiger partial charge in [-0.1, -0.05) is 0 Å². The van der Waals surface area contributed by atoms with E-state index >= 15 is 0 Å². The van der Waals surface area contributed by atoms with Gasteiger partial charge in [0, 0.05) is 13.3 Å². The number of aromatic hydroxyl groups is 1. The molecule has 0 bridgehead atoms. The molecular weight excluding hydrogens is 206 g/mol. The highest BCUT2D eigenvalue weighted by molar-refractivity contribution is 5.89. The van der Waals surface area contributed by atoms with Crippen LogP contribution in [0.3, 0.4) is 0 Å². The molecule has 0 fully saturated rings. The summed E-state index contributed by atoms with van der Waals surface area (Å²) >= 11 is 0. The van der Waals surface area contributed by atoms with E-state index in [1.54, 1.807) is 0 Å². The Morgan fingerprint density at radius 3 is 2.40 bits per heavy atom. The van der Waals surface area contributed by atoms with E-state index in [2.05, 4.69) is 4.98 Å². The Morgan fingerprint density at radius 1 is 1.47 bits per heavy atom. The topological polar surface area (TPSA) is 128 Å². The van der Waals surface area contributed by atoms with Crippen LogP contribution in [-0.4, -0.2) is 39.7 Å². The molecule has 82 valence electrons. The second-order valence-electron chi connectivity index (χ2n) is 2.22. The molecule has 1 rings (SSSR count). The number of carbonyl (C=O) groups is 2. The van der Waals surface area contributed by atoms with Crippen molar-refractivity contribution in [1.29, 1.82) is 0 Å². The van der Waals surface area contributed by atoms with Crippen molar-refractivity contribution in [3.63, 3.8) is 0 Å². The maximum absolute atomic E-state index is 11.0. The molecule has 0 aliphatic rings. The fraction of sp³-hybridized carbons (Fsp3) is 0.125. The highest BCUT2D eigenvalue weighted by atomic mass is 16.4. The fourth-order valence-electron chi connectivity index (χ4n) is 0.785. The minimum absolute atomic E-state index is 0.226. The Bertz CT molecular complexity index is 422. The van der Waals surface area contributed by atoms with Gasteiger partial charge in [0.25, 0.3) is 0 Å². The molecule has 0 aromatic carbocycles. The zero-order valence-electron chi connectivity index (χ0n) is 7.72. The predicted octanol–water partition coefficient (Wildman–Crippen LogP) is -0.800. The summed E-state index contributed by atoms with van der Waals surface area (Å²) in [6, 6.07) is 0. The smallest absolute Gasteiger partial charge is 0.356 e. The Balaban J connectivity index is 0.000000921. The number of hydrogen-bond donors (Lipinski definition) is 4. The highest BCUT2D eigenvalue weighted by Crippen LogP contribution is 2.07. The van der Waals surface area contributed by atoms with Gasteiger partial charge >= 0.3 is 5.97 Å². The van der Waals surface area contributed by atoms with Crippen LogP contribution in [0.15, 0.2) is 11.0 Å². The minimum Gasteiger partial charge on any atom is -0.502 e. The van der Waals surface area contributed by atoms with Crippen LogP contribution < -0.4 is 5.43 Å². The molecule has 4 N–H and O–H groups in total. The van der Waals surface area contributed by atoms with E-state index in [0.29, 0.717) is 0 Å². The Hall–Kier alpha value is -2.15. The number of pyridine rings is 1. The predicted molar refractivity (Wildman–Crippen MR) is 49.2 cm³/mol. The number of aldehydes is 1. The summed E-state index contributed by atoms with van der Waals surface area (Å²) in [5.74, 6) is -2.43. The molecule has 0 saturated carbocycles. The molecule has 0 radical (unpaired) electrons. The molecule has 0 saturated heterocycles. The molecule has 0 aliphatic carbocycles. The number of H-pyrrole nitrogens is 1. The summed E-state index contributed by atoms with van der Waals surface area (Å²) in [5, 5.41) is 24.4. The van der Waals surface area contributed by atoms with Crippen molar-refractivity contribution in [1.82, 2.24) is 4.98 Å². The van der Waals surface area contributed by atoms with Crippen LogP contribution in [0.5, 0.6) is 5.75 Å². The number of carboxylic acids is 1. The van der Waals surface area contributed by atoms with Gasteiger partial charge in [-0.05, 0) is 0 Å². The Morgan fingerprint density at radius 2 is 2.00 bits per heavy atom. The molecule has 0 aliphatic heterocycles. The van der Waals surface area contributed by atoms with Crippen LogP contribution in [0.25, 0.3) is 0 Å². The molecule has 0 atom stereocenters. The number of nitrogens with one attached hydrogen (secondary N) is 1. The average molecular weight is 215 g/mol. The number of aliphatic hydroxyl groups excluding tert-OH is 1. The lowest BCUT2D eigenvalue weighted by Gasteiger charge is -1.98. The molecule has 0 spiro atoms. The van der Waals surface area contributed by atoms with Gasteiger partial charge in [0.2, 0.25) is 5.43 Å². The molecule has 1 heterocycles. The van der Waals surface area contributed by atoms with Gasteiger partial charge in [0.05, 0.1) is 5.56 Å². The number of carboxylic acid groups (broad SMARTS) is 1. The van der Waals surface area contributed by atoms with Crippen molar-refractivity contribution >= 4 is 12.3 Å². The van der Waals surface area contributed by atoms with E-state index in [0.717, 1.165) is 13.3 Å². The van der Waals surface area contributed by atoms with Crippen LogP contribution in [0, 0.1) is 0 Å².